The van der Waals surface area contributed by atoms with Crippen LogP contribution in [0.4, 0.5) is 11.4 Å². The standard InChI is InChI=1S/C15H24ClN3O2/c1-19(8-3-2-4-10-20)9-7-15(21)18-14-6-5-12(17)11-13(14)16/h5-6,11,20H,2-4,7-10,17H2,1H3,(H,18,21). The Kier molecular flexibility index (Phi) is 8.12. The highest BCUT2D eigenvalue weighted by molar-refractivity contribution is 6.34. The molecule has 0 unspecified atom stereocenters. The normalized spacial score (nSPS) is 10.9. The minimum atomic E-state index is -0.0659. The number of carbonyl (C=O) groups is 1. The van der Waals surface area contributed by atoms with Gasteiger partial charge in [0, 0.05) is 25.3 Å². The van der Waals surface area contributed by atoms with Crippen LogP contribution in [0.3, 0.4) is 0 Å². The number of nitrogens with zero attached hydrogens (tertiary/aromatic N) is 1. The van der Waals surface area contributed by atoms with Crippen molar-refractivity contribution < 1.29 is 9.90 Å². The zero-order valence-corrected chi connectivity index (χ0v) is 13.2. The van der Waals surface area contributed by atoms with Gasteiger partial charge in [-0.25, -0.2) is 0 Å². The van der Waals surface area contributed by atoms with Crippen molar-refractivity contribution in [3.05, 3.63) is 23.2 Å². The van der Waals surface area contributed by atoms with Gasteiger partial charge in [-0.2, -0.15) is 0 Å². The van der Waals surface area contributed by atoms with Crippen LogP contribution in [0.15, 0.2) is 18.2 Å². The molecule has 0 bridgehead atoms. The molecule has 0 atom stereocenters. The molecule has 0 aliphatic carbocycles. The molecule has 6 heteroatoms. The third-order valence-corrected chi connectivity index (χ3v) is 3.50. The van der Waals surface area contributed by atoms with Crippen LogP contribution in [-0.2, 0) is 4.79 Å². The predicted octanol–water partition coefficient (Wildman–Crippen LogP) is 2.35. The lowest BCUT2D eigenvalue weighted by Crippen LogP contribution is -2.25. The maximum absolute atomic E-state index is 11.9. The summed E-state index contributed by atoms with van der Waals surface area (Å²) in [6.45, 7) is 1.86. The number of unbranched alkanes of at least 4 members (excludes halogenated alkanes) is 2. The molecule has 4 N–H and O–H groups in total. The molecule has 0 aliphatic heterocycles. The molecule has 1 rings (SSSR count). The van der Waals surface area contributed by atoms with Gasteiger partial charge in [0.1, 0.15) is 0 Å². The third kappa shape index (κ3) is 7.32. The molecule has 5 nitrogen and oxygen atoms in total. The molecule has 1 aromatic carbocycles. The molecule has 0 saturated carbocycles. The summed E-state index contributed by atoms with van der Waals surface area (Å²) in [5.41, 5.74) is 6.76. The van der Waals surface area contributed by atoms with E-state index in [1.165, 1.54) is 0 Å². The number of aliphatic hydroxyl groups excluding tert-OH is 1. The fraction of sp³-hybridized carbons (Fsp3) is 0.533. The molecule has 0 fully saturated rings. The van der Waals surface area contributed by atoms with E-state index in [2.05, 4.69) is 10.2 Å². The van der Waals surface area contributed by atoms with Gasteiger partial charge in [-0.05, 0) is 51.1 Å². The maximum atomic E-state index is 11.9. The van der Waals surface area contributed by atoms with E-state index in [9.17, 15) is 4.79 Å². The second kappa shape index (κ2) is 9.60. The Labute approximate surface area is 131 Å². The van der Waals surface area contributed by atoms with Crippen molar-refractivity contribution in [2.75, 3.05) is 37.8 Å². The number of amides is 1. The summed E-state index contributed by atoms with van der Waals surface area (Å²) in [4.78, 5) is 14.0. The van der Waals surface area contributed by atoms with E-state index >= 15 is 0 Å². The predicted molar refractivity (Wildman–Crippen MR) is 87.5 cm³/mol. The lowest BCUT2D eigenvalue weighted by molar-refractivity contribution is -0.116. The number of nitrogen functional groups attached to an aromatic ring is 1. The minimum Gasteiger partial charge on any atom is -0.399 e. The molecule has 0 aliphatic rings. The molecule has 0 heterocycles. The topological polar surface area (TPSA) is 78.6 Å². The first-order chi connectivity index (χ1) is 10.0. The van der Waals surface area contributed by atoms with Crippen molar-refractivity contribution in [2.45, 2.75) is 25.7 Å². The Morgan fingerprint density at radius 3 is 2.76 bits per heavy atom. The van der Waals surface area contributed by atoms with E-state index in [0.29, 0.717) is 29.4 Å². The lowest BCUT2D eigenvalue weighted by atomic mass is 10.2. The highest BCUT2D eigenvalue weighted by Crippen LogP contribution is 2.24. The average Bonchev–Trinajstić information content (AvgIpc) is 2.44. The van der Waals surface area contributed by atoms with Crippen LogP contribution in [0.1, 0.15) is 25.7 Å². The number of rotatable bonds is 9. The number of carbonyl (C=O) groups excluding carboxylic acids is 1. The maximum Gasteiger partial charge on any atom is 0.225 e. The SMILES string of the molecule is CN(CCCCCO)CCC(=O)Nc1ccc(N)cc1Cl. The van der Waals surface area contributed by atoms with Gasteiger partial charge in [0.2, 0.25) is 5.91 Å². The summed E-state index contributed by atoms with van der Waals surface area (Å²) >= 11 is 6.01. The number of hydrogen-bond donors (Lipinski definition) is 3. The molecule has 21 heavy (non-hydrogen) atoms. The first kappa shape index (κ1) is 17.8. The molecule has 0 radical (unpaired) electrons. The number of aliphatic hydroxyl groups is 1. The van der Waals surface area contributed by atoms with Gasteiger partial charge >= 0.3 is 0 Å². The van der Waals surface area contributed by atoms with Crippen LogP contribution >= 0.6 is 11.6 Å². The molecule has 0 aromatic heterocycles. The fourth-order valence-electron chi connectivity index (χ4n) is 1.92. The van der Waals surface area contributed by atoms with Crippen molar-refractivity contribution in [1.82, 2.24) is 4.90 Å². The second-order valence-electron chi connectivity index (χ2n) is 5.13. The van der Waals surface area contributed by atoms with Crippen LogP contribution in [0.5, 0.6) is 0 Å². The first-order valence-corrected chi connectivity index (χ1v) is 7.55. The first-order valence-electron chi connectivity index (χ1n) is 7.17. The molecule has 1 aromatic rings. The van der Waals surface area contributed by atoms with Crippen LogP contribution in [0, 0.1) is 0 Å². The summed E-state index contributed by atoms with van der Waals surface area (Å²) < 4.78 is 0. The summed E-state index contributed by atoms with van der Waals surface area (Å²) in [6.07, 6.45) is 3.29. The van der Waals surface area contributed by atoms with E-state index in [1.54, 1.807) is 18.2 Å². The van der Waals surface area contributed by atoms with Crippen LogP contribution in [0.25, 0.3) is 0 Å². The summed E-state index contributed by atoms with van der Waals surface area (Å²) in [6, 6.07) is 5.02. The highest BCUT2D eigenvalue weighted by atomic mass is 35.5. The van der Waals surface area contributed by atoms with Gasteiger partial charge in [-0.3, -0.25) is 4.79 Å². The Bertz CT molecular complexity index is 455. The smallest absolute Gasteiger partial charge is 0.225 e. The van der Waals surface area contributed by atoms with Crippen molar-refractivity contribution in [3.63, 3.8) is 0 Å². The Hall–Kier alpha value is -1.30. The summed E-state index contributed by atoms with van der Waals surface area (Å²) in [7, 11) is 1.99. The van der Waals surface area contributed by atoms with Gasteiger partial charge < -0.3 is 21.1 Å². The van der Waals surface area contributed by atoms with E-state index in [0.717, 1.165) is 25.8 Å². The second-order valence-corrected chi connectivity index (χ2v) is 5.53. The van der Waals surface area contributed by atoms with Crippen LogP contribution in [0.2, 0.25) is 5.02 Å². The van der Waals surface area contributed by atoms with E-state index < -0.39 is 0 Å². The fourth-order valence-corrected chi connectivity index (χ4v) is 2.16. The van der Waals surface area contributed by atoms with E-state index in [-0.39, 0.29) is 12.5 Å². The number of nitrogens with one attached hydrogen (secondary N) is 1. The number of halogens is 1. The van der Waals surface area contributed by atoms with Crippen molar-refractivity contribution in [2.24, 2.45) is 0 Å². The number of benzene rings is 1. The van der Waals surface area contributed by atoms with Crippen LogP contribution < -0.4 is 11.1 Å². The van der Waals surface area contributed by atoms with Crippen molar-refractivity contribution in [1.29, 1.82) is 0 Å². The van der Waals surface area contributed by atoms with Crippen molar-refractivity contribution >= 4 is 28.9 Å². The van der Waals surface area contributed by atoms with Gasteiger partial charge in [0.25, 0.3) is 0 Å². The monoisotopic (exact) mass is 313 g/mol. The molecule has 0 spiro atoms. The quantitative estimate of drug-likeness (QED) is 0.483. The van der Waals surface area contributed by atoms with Crippen molar-refractivity contribution in [3.8, 4) is 0 Å². The van der Waals surface area contributed by atoms with E-state index in [1.807, 2.05) is 7.05 Å². The van der Waals surface area contributed by atoms with Gasteiger partial charge in [0.15, 0.2) is 0 Å². The Morgan fingerprint density at radius 1 is 1.33 bits per heavy atom. The molecule has 1 amide bonds. The van der Waals surface area contributed by atoms with E-state index in [4.69, 9.17) is 22.4 Å². The van der Waals surface area contributed by atoms with Gasteiger partial charge in [-0.15, -0.1) is 0 Å². The van der Waals surface area contributed by atoms with Gasteiger partial charge in [0.05, 0.1) is 10.7 Å². The van der Waals surface area contributed by atoms with Crippen LogP contribution in [-0.4, -0.2) is 42.7 Å². The molecular formula is C15H24ClN3O2. The highest BCUT2D eigenvalue weighted by Gasteiger charge is 2.07. The molecular weight excluding hydrogens is 290 g/mol. The number of nitrogens with two attached hydrogens (primary N) is 1. The third-order valence-electron chi connectivity index (χ3n) is 3.19. The number of hydrogen-bond acceptors (Lipinski definition) is 4. The zero-order valence-electron chi connectivity index (χ0n) is 12.4. The number of anilines is 2. The lowest BCUT2D eigenvalue weighted by Gasteiger charge is -2.16. The van der Waals surface area contributed by atoms with Gasteiger partial charge in [-0.1, -0.05) is 11.6 Å². The summed E-state index contributed by atoms with van der Waals surface area (Å²) in [5.74, 6) is -0.0659. The zero-order chi connectivity index (χ0) is 15.7. The largest absolute Gasteiger partial charge is 0.399 e. The minimum absolute atomic E-state index is 0.0659. The molecule has 118 valence electrons. The average molecular weight is 314 g/mol. The Balaban J connectivity index is 2.27. The summed E-state index contributed by atoms with van der Waals surface area (Å²) in [5, 5.41) is 11.9. The Morgan fingerprint density at radius 2 is 2.10 bits per heavy atom. The molecule has 0 saturated heterocycles.